The molecular weight excluding hydrogens is 390 g/mol. The van der Waals surface area contributed by atoms with Crippen molar-refractivity contribution >= 4 is 23.1 Å². The van der Waals surface area contributed by atoms with Crippen molar-refractivity contribution in [1.82, 2.24) is 15.2 Å². The zero-order valence-corrected chi connectivity index (χ0v) is 17.1. The van der Waals surface area contributed by atoms with Crippen LogP contribution in [0.5, 0.6) is 0 Å². The lowest BCUT2D eigenvalue weighted by atomic mass is 9.97. The fourth-order valence-corrected chi connectivity index (χ4v) is 3.75. The minimum Gasteiger partial charge on any atom is -0.422 e. The number of hydrogen-bond donors (Lipinski definition) is 1. The van der Waals surface area contributed by atoms with Crippen LogP contribution in [0.1, 0.15) is 41.7 Å². The first-order chi connectivity index (χ1) is 14.1. The van der Waals surface area contributed by atoms with Crippen molar-refractivity contribution in [1.29, 1.82) is 0 Å². The molecular formula is C21H24ClN5O2. The van der Waals surface area contributed by atoms with Crippen molar-refractivity contribution in [2.45, 2.75) is 38.9 Å². The molecule has 3 aromatic rings. The van der Waals surface area contributed by atoms with Crippen molar-refractivity contribution in [3.8, 4) is 0 Å². The van der Waals surface area contributed by atoms with Gasteiger partial charge in [-0.3, -0.25) is 0 Å². The highest BCUT2D eigenvalue weighted by Crippen LogP contribution is 2.30. The van der Waals surface area contributed by atoms with E-state index in [4.69, 9.17) is 26.5 Å². The number of nitrogen functional groups attached to an aromatic ring is 1. The van der Waals surface area contributed by atoms with Gasteiger partial charge in [-0.2, -0.15) is 0 Å². The summed E-state index contributed by atoms with van der Waals surface area (Å²) in [4.78, 5) is 6.71. The molecule has 0 unspecified atom stereocenters. The molecule has 4 rings (SSSR count). The van der Waals surface area contributed by atoms with Crippen LogP contribution in [0.15, 0.2) is 40.9 Å². The molecule has 1 saturated heterocycles. The van der Waals surface area contributed by atoms with Crippen molar-refractivity contribution in [3.05, 3.63) is 64.5 Å². The minimum atomic E-state index is 0.226. The normalized spacial score (nSPS) is 15.0. The quantitative estimate of drug-likeness (QED) is 0.608. The van der Waals surface area contributed by atoms with E-state index in [2.05, 4.69) is 20.1 Å². The van der Waals surface area contributed by atoms with E-state index >= 15 is 0 Å². The number of rotatable bonds is 6. The smallest absolute Gasteiger partial charge is 0.242 e. The highest BCUT2D eigenvalue weighted by atomic mass is 35.5. The summed E-state index contributed by atoms with van der Waals surface area (Å²) in [6, 6.07) is 9.71. The van der Waals surface area contributed by atoms with E-state index in [1.54, 1.807) is 0 Å². The lowest BCUT2D eigenvalue weighted by molar-refractivity contribution is 0.0885. The molecule has 3 heterocycles. The number of piperidine rings is 1. The Labute approximate surface area is 174 Å². The average molecular weight is 414 g/mol. The number of pyridine rings is 1. The van der Waals surface area contributed by atoms with Gasteiger partial charge in [0.05, 0.1) is 11.6 Å². The van der Waals surface area contributed by atoms with E-state index in [1.165, 1.54) is 0 Å². The number of hydrogen-bond acceptors (Lipinski definition) is 7. The minimum absolute atomic E-state index is 0.226. The van der Waals surface area contributed by atoms with Gasteiger partial charge >= 0.3 is 0 Å². The second kappa shape index (κ2) is 8.80. The Morgan fingerprint density at radius 2 is 2.00 bits per heavy atom. The molecule has 0 aliphatic carbocycles. The molecule has 0 amide bonds. The molecule has 1 aliphatic heterocycles. The Kier molecular flexibility index (Phi) is 5.97. The molecule has 7 nitrogen and oxygen atoms in total. The SMILES string of the molecule is Cc1ccc(N)c(COCc2nnc(C3CCN(c4ccccn4)CC3)o2)c1Cl. The third-order valence-electron chi connectivity index (χ3n) is 5.24. The standard InChI is InChI=1S/C21H24ClN5O2/c1-14-5-6-17(23)16(20(14)22)12-28-13-19-25-26-21(29-19)15-7-10-27(11-8-15)18-4-2-3-9-24-18/h2-6,9,15H,7-8,10-13,23H2,1H3. The molecule has 1 fully saturated rings. The molecule has 0 spiro atoms. The molecule has 1 aliphatic rings. The van der Waals surface area contributed by atoms with Gasteiger partial charge in [0.25, 0.3) is 0 Å². The summed E-state index contributed by atoms with van der Waals surface area (Å²) < 4.78 is 11.6. The number of anilines is 2. The first kappa shape index (κ1) is 19.7. The van der Waals surface area contributed by atoms with Gasteiger partial charge < -0.3 is 19.8 Å². The van der Waals surface area contributed by atoms with Crippen LogP contribution < -0.4 is 10.6 Å². The summed E-state index contributed by atoms with van der Waals surface area (Å²) in [5.74, 6) is 2.42. The Hall–Kier alpha value is -2.64. The Morgan fingerprint density at radius 1 is 1.17 bits per heavy atom. The Balaban J connectivity index is 1.30. The predicted octanol–water partition coefficient (Wildman–Crippen LogP) is 4.11. The van der Waals surface area contributed by atoms with E-state index in [9.17, 15) is 0 Å². The fourth-order valence-electron chi connectivity index (χ4n) is 3.53. The molecule has 29 heavy (non-hydrogen) atoms. The molecule has 0 radical (unpaired) electrons. The first-order valence-corrected chi connectivity index (χ1v) is 10.1. The van der Waals surface area contributed by atoms with Crippen LogP contribution >= 0.6 is 11.6 Å². The number of nitrogens with two attached hydrogens (primary N) is 1. The summed E-state index contributed by atoms with van der Waals surface area (Å²) in [5, 5.41) is 9.00. The van der Waals surface area contributed by atoms with Crippen LogP contribution in [-0.2, 0) is 18.0 Å². The van der Waals surface area contributed by atoms with Gasteiger partial charge in [-0.25, -0.2) is 4.98 Å². The molecule has 152 valence electrons. The predicted molar refractivity (Wildman–Crippen MR) is 112 cm³/mol. The number of nitrogens with zero attached hydrogens (tertiary/aromatic N) is 4. The molecule has 0 bridgehead atoms. The van der Waals surface area contributed by atoms with Gasteiger partial charge in [-0.05, 0) is 43.5 Å². The molecule has 2 aromatic heterocycles. The number of ether oxygens (including phenoxy) is 1. The first-order valence-electron chi connectivity index (χ1n) is 9.71. The third-order valence-corrected chi connectivity index (χ3v) is 5.77. The van der Waals surface area contributed by atoms with Gasteiger partial charge in [-0.1, -0.05) is 23.7 Å². The van der Waals surface area contributed by atoms with E-state index in [0.29, 0.717) is 29.1 Å². The topological polar surface area (TPSA) is 90.3 Å². The van der Waals surface area contributed by atoms with Crippen molar-refractivity contribution in [3.63, 3.8) is 0 Å². The molecule has 0 atom stereocenters. The van der Waals surface area contributed by atoms with Gasteiger partial charge in [0.15, 0.2) is 0 Å². The van der Waals surface area contributed by atoms with Gasteiger partial charge in [0.1, 0.15) is 12.4 Å². The number of benzene rings is 1. The van der Waals surface area contributed by atoms with Crippen molar-refractivity contribution < 1.29 is 9.15 Å². The molecule has 8 heteroatoms. The number of halogens is 1. The lowest BCUT2D eigenvalue weighted by Gasteiger charge is -2.31. The van der Waals surface area contributed by atoms with Crippen LogP contribution in [-0.4, -0.2) is 28.3 Å². The number of aryl methyl sites for hydroxylation is 1. The van der Waals surface area contributed by atoms with E-state index in [-0.39, 0.29) is 12.5 Å². The summed E-state index contributed by atoms with van der Waals surface area (Å²) >= 11 is 6.32. The summed E-state index contributed by atoms with van der Waals surface area (Å²) in [6.45, 7) is 4.30. The Morgan fingerprint density at radius 3 is 2.76 bits per heavy atom. The van der Waals surface area contributed by atoms with Crippen LogP contribution in [0.2, 0.25) is 5.02 Å². The highest BCUT2D eigenvalue weighted by Gasteiger charge is 2.25. The summed E-state index contributed by atoms with van der Waals surface area (Å²) in [5.41, 5.74) is 8.37. The second-order valence-electron chi connectivity index (χ2n) is 7.24. The van der Waals surface area contributed by atoms with Crippen LogP contribution in [0, 0.1) is 6.92 Å². The maximum atomic E-state index is 6.32. The molecule has 0 saturated carbocycles. The van der Waals surface area contributed by atoms with Crippen LogP contribution in [0.25, 0.3) is 0 Å². The number of aromatic nitrogens is 3. The highest BCUT2D eigenvalue weighted by molar-refractivity contribution is 6.32. The summed E-state index contributed by atoms with van der Waals surface area (Å²) in [6.07, 6.45) is 3.73. The Bertz CT molecular complexity index is 955. The largest absolute Gasteiger partial charge is 0.422 e. The summed E-state index contributed by atoms with van der Waals surface area (Å²) in [7, 11) is 0. The van der Waals surface area contributed by atoms with Crippen LogP contribution in [0.3, 0.4) is 0 Å². The fraction of sp³-hybridized carbons (Fsp3) is 0.381. The second-order valence-corrected chi connectivity index (χ2v) is 7.62. The zero-order valence-electron chi connectivity index (χ0n) is 16.3. The molecule has 2 N–H and O–H groups in total. The third kappa shape index (κ3) is 4.52. The average Bonchev–Trinajstić information content (AvgIpc) is 3.23. The van der Waals surface area contributed by atoms with Gasteiger partial charge in [-0.15, -0.1) is 10.2 Å². The lowest BCUT2D eigenvalue weighted by Crippen LogP contribution is -2.33. The molecule has 1 aromatic carbocycles. The van der Waals surface area contributed by atoms with Crippen LogP contribution in [0.4, 0.5) is 11.5 Å². The maximum absolute atomic E-state index is 6.32. The van der Waals surface area contributed by atoms with Gasteiger partial charge in [0.2, 0.25) is 11.8 Å². The van der Waals surface area contributed by atoms with E-state index in [0.717, 1.165) is 42.9 Å². The van der Waals surface area contributed by atoms with Gasteiger partial charge in [0, 0.05) is 36.5 Å². The zero-order chi connectivity index (χ0) is 20.2. The van der Waals surface area contributed by atoms with Crippen molar-refractivity contribution in [2.24, 2.45) is 0 Å². The van der Waals surface area contributed by atoms with E-state index < -0.39 is 0 Å². The monoisotopic (exact) mass is 413 g/mol. The van der Waals surface area contributed by atoms with E-state index in [1.807, 2.05) is 43.5 Å². The maximum Gasteiger partial charge on any atom is 0.242 e. The van der Waals surface area contributed by atoms with Crippen molar-refractivity contribution in [2.75, 3.05) is 23.7 Å².